The fraction of sp³-hybridized carbons (Fsp3) is 0.407. The quantitative estimate of drug-likeness (QED) is 0.250. The predicted molar refractivity (Wildman–Crippen MR) is 152 cm³/mol. The van der Waals surface area contributed by atoms with Gasteiger partial charge in [0.2, 0.25) is 0 Å². The van der Waals surface area contributed by atoms with E-state index in [-0.39, 0.29) is 21.2 Å². The number of halogens is 1. The Morgan fingerprint density at radius 1 is 1.03 bits per heavy atom. The lowest BCUT2D eigenvalue weighted by molar-refractivity contribution is -0.0611. The van der Waals surface area contributed by atoms with Crippen LogP contribution in [0, 0.1) is 6.92 Å². The average molecular weight is 621 g/mol. The molecule has 4 atom stereocenters. The van der Waals surface area contributed by atoms with Gasteiger partial charge in [-0.15, -0.1) is 0 Å². The van der Waals surface area contributed by atoms with Crippen molar-refractivity contribution in [1.82, 2.24) is 9.55 Å². The van der Waals surface area contributed by atoms with Gasteiger partial charge in [0.05, 0.1) is 16.6 Å². The number of hydrogen-bond acceptors (Lipinski definition) is 5. The minimum Gasteiger partial charge on any atom is -0.405 e. The molecular formula is C27H33IN2O5Si. The summed E-state index contributed by atoms with van der Waals surface area (Å²) in [5.41, 5.74) is -0.485. The van der Waals surface area contributed by atoms with Gasteiger partial charge < -0.3 is 13.9 Å². The van der Waals surface area contributed by atoms with E-state index < -0.39 is 25.8 Å². The van der Waals surface area contributed by atoms with Crippen molar-refractivity contribution in [3.8, 4) is 0 Å². The number of benzene rings is 2. The monoisotopic (exact) mass is 620 g/mol. The maximum atomic E-state index is 12.6. The van der Waals surface area contributed by atoms with Gasteiger partial charge in [-0.05, 0) is 22.3 Å². The zero-order chi connectivity index (χ0) is 26.1. The first-order valence-electron chi connectivity index (χ1n) is 12.0. The van der Waals surface area contributed by atoms with Gasteiger partial charge in [0.1, 0.15) is 6.10 Å². The number of rotatable bonds is 7. The number of hydrogen-bond donors (Lipinski definition) is 1. The highest BCUT2D eigenvalue weighted by atomic mass is 127. The lowest BCUT2D eigenvalue weighted by Gasteiger charge is -2.43. The third kappa shape index (κ3) is 4.91. The van der Waals surface area contributed by atoms with Gasteiger partial charge in [0.15, 0.2) is 6.23 Å². The second-order valence-corrected chi connectivity index (χ2v) is 15.9. The van der Waals surface area contributed by atoms with Gasteiger partial charge in [-0.25, -0.2) is 4.79 Å². The summed E-state index contributed by atoms with van der Waals surface area (Å²) >= 11 is 2.33. The molecule has 0 spiro atoms. The van der Waals surface area contributed by atoms with Crippen molar-refractivity contribution in [3.05, 3.63) is 93.3 Å². The number of H-pyrrole nitrogens is 1. The van der Waals surface area contributed by atoms with E-state index in [1.54, 1.807) is 14.0 Å². The Bertz CT molecular complexity index is 1250. The first-order valence-corrected chi connectivity index (χ1v) is 15.1. The second kappa shape index (κ2) is 10.7. The summed E-state index contributed by atoms with van der Waals surface area (Å²) in [6.45, 7) is 8.71. The smallest absolute Gasteiger partial charge is 0.330 e. The molecule has 2 aromatic carbocycles. The van der Waals surface area contributed by atoms with E-state index in [2.05, 4.69) is 96.9 Å². The lowest BCUT2D eigenvalue weighted by Crippen LogP contribution is -2.67. The minimum absolute atomic E-state index is 0.0741. The number of nitrogens with one attached hydrogen (secondary N) is 1. The van der Waals surface area contributed by atoms with Crippen molar-refractivity contribution in [2.75, 3.05) is 13.7 Å². The van der Waals surface area contributed by atoms with Gasteiger partial charge in [-0.3, -0.25) is 14.3 Å². The van der Waals surface area contributed by atoms with Gasteiger partial charge in [0, 0.05) is 18.9 Å². The molecule has 192 valence electrons. The zero-order valence-electron chi connectivity index (χ0n) is 21.2. The first-order chi connectivity index (χ1) is 17.1. The third-order valence-corrected chi connectivity index (χ3v) is 13.4. The van der Waals surface area contributed by atoms with Crippen molar-refractivity contribution in [1.29, 1.82) is 0 Å². The average Bonchev–Trinajstić information content (AvgIpc) is 3.17. The number of methoxy groups -OCH3 is 1. The van der Waals surface area contributed by atoms with Crippen LogP contribution in [-0.4, -0.2) is 47.7 Å². The number of ether oxygens (including phenoxy) is 2. The Balaban J connectivity index is 1.71. The van der Waals surface area contributed by atoms with Crippen molar-refractivity contribution in [3.63, 3.8) is 0 Å². The largest absolute Gasteiger partial charge is 0.405 e. The summed E-state index contributed by atoms with van der Waals surface area (Å²) in [6, 6.07) is 20.9. The molecule has 0 saturated carbocycles. The van der Waals surface area contributed by atoms with E-state index in [9.17, 15) is 9.59 Å². The molecule has 0 bridgehead atoms. The summed E-state index contributed by atoms with van der Waals surface area (Å²) < 4.78 is 20.6. The molecule has 2 heterocycles. The molecule has 4 rings (SSSR count). The van der Waals surface area contributed by atoms with Crippen LogP contribution in [-0.2, 0) is 13.9 Å². The number of nitrogens with zero attached hydrogens (tertiary/aromatic N) is 1. The molecule has 1 aliphatic rings. The molecule has 3 aromatic rings. The van der Waals surface area contributed by atoms with Crippen LogP contribution in [0.15, 0.2) is 76.4 Å². The normalized spacial score (nSPS) is 22.6. The molecule has 36 heavy (non-hydrogen) atoms. The van der Waals surface area contributed by atoms with Gasteiger partial charge in [-0.2, -0.15) is 0 Å². The lowest BCUT2D eigenvalue weighted by atomic mass is 10.2. The third-order valence-electron chi connectivity index (χ3n) is 6.84. The SMILES string of the molecule is CO[C@@H]1[C@H](I)[C@@H](CO[Si](c2ccccc2)(c2ccccc2)C(C)(C)C)O[C@H]1n1cc(C)c(=O)[nH]c1=O. The highest BCUT2D eigenvalue weighted by Crippen LogP contribution is 2.39. The summed E-state index contributed by atoms with van der Waals surface area (Å²) in [6.07, 6.45) is 0.155. The summed E-state index contributed by atoms with van der Waals surface area (Å²) in [4.78, 5) is 26.9. The fourth-order valence-corrected chi connectivity index (χ4v) is 10.6. The Morgan fingerprint density at radius 2 is 1.58 bits per heavy atom. The highest BCUT2D eigenvalue weighted by molar-refractivity contribution is 14.1. The molecule has 1 aliphatic heterocycles. The minimum atomic E-state index is -2.75. The molecule has 0 amide bonds. The zero-order valence-corrected chi connectivity index (χ0v) is 24.4. The molecule has 0 unspecified atom stereocenters. The summed E-state index contributed by atoms with van der Waals surface area (Å²) in [5.74, 6) is 0. The maximum Gasteiger partial charge on any atom is 0.330 e. The molecule has 1 saturated heterocycles. The van der Waals surface area contributed by atoms with E-state index in [0.717, 1.165) is 0 Å². The molecule has 0 radical (unpaired) electrons. The Kier molecular flexibility index (Phi) is 8.06. The van der Waals surface area contributed by atoms with Crippen molar-refractivity contribution < 1.29 is 13.9 Å². The van der Waals surface area contributed by atoms with E-state index in [0.29, 0.717) is 12.2 Å². The molecule has 1 aromatic heterocycles. The molecule has 1 N–H and O–H groups in total. The maximum absolute atomic E-state index is 12.6. The van der Waals surface area contributed by atoms with Gasteiger partial charge in [-0.1, -0.05) is 104 Å². The highest BCUT2D eigenvalue weighted by Gasteiger charge is 2.52. The van der Waals surface area contributed by atoms with Crippen LogP contribution >= 0.6 is 22.6 Å². The van der Waals surface area contributed by atoms with Crippen molar-refractivity contribution >= 4 is 41.3 Å². The van der Waals surface area contributed by atoms with E-state index in [4.69, 9.17) is 13.9 Å². The van der Waals surface area contributed by atoms with Crippen LogP contribution in [0.5, 0.6) is 0 Å². The van der Waals surface area contributed by atoms with Gasteiger partial charge in [0.25, 0.3) is 13.9 Å². The number of alkyl halides is 1. The molecule has 0 aliphatic carbocycles. The van der Waals surface area contributed by atoms with Crippen LogP contribution in [0.2, 0.25) is 5.04 Å². The van der Waals surface area contributed by atoms with Crippen LogP contribution in [0.3, 0.4) is 0 Å². The Labute approximate surface area is 226 Å². The standard InChI is InChI=1S/C27H33IN2O5Si/c1-18-16-30(26(32)29-24(18)31)25-23(33-5)22(28)21(35-25)17-34-36(27(2,3)4,19-12-8-6-9-13-19)20-14-10-7-11-15-20/h6-16,21-23,25H,17H2,1-5H3,(H,29,31,32)/t21-,22-,23-,25-/m1/s1. The summed E-state index contributed by atoms with van der Waals surface area (Å²) in [7, 11) is -1.13. The van der Waals surface area contributed by atoms with Crippen LogP contribution in [0.25, 0.3) is 0 Å². The van der Waals surface area contributed by atoms with Gasteiger partial charge >= 0.3 is 5.69 Å². The topological polar surface area (TPSA) is 82.6 Å². The van der Waals surface area contributed by atoms with E-state index in [1.165, 1.54) is 21.1 Å². The number of aromatic amines is 1. The molecule has 1 fully saturated rings. The van der Waals surface area contributed by atoms with Crippen molar-refractivity contribution in [2.24, 2.45) is 0 Å². The number of aryl methyl sites for hydroxylation is 1. The van der Waals surface area contributed by atoms with E-state index >= 15 is 0 Å². The van der Waals surface area contributed by atoms with Crippen LogP contribution in [0.1, 0.15) is 32.6 Å². The van der Waals surface area contributed by atoms with E-state index in [1.807, 2.05) is 12.1 Å². The molecule has 7 nitrogen and oxygen atoms in total. The predicted octanol–water partition coefficient (Wildman–Crippen LogP) is 3.14. The second-order valence-electron chi connectivity index (χ2n) is 10.2. The Hall–Kier alpha value is -2.05. The molecular weight excluding hydrogens is 587 g/mol. The van der Waals surface area contributed by atoms with Crippen LogP contribution in [0.4, 0.5) is 0 Å². The fourth-order valence-electron chi connectivity index (χ4n) is 5.05. The van der Waals surface area contributed by atoms with Crippen molar-refractivity contribution in [2.45, 2.75) is 55.1 Å². The Morgan fingerprint density at radius 3 is 2.08 bits per heavy atom. The molecule has 9 heteroatoms. The number of aromatic nitrogens is 2. The summed E-state index contributed by atoms with van der Waals surface area (Å²) in [5, 5.41) is 2.22. The van der Waals surface area contributed by atoms with Crippen LogP contribution < -0.4 is 21.6 Å². The first kappa shape index (κ1) is 27.0.